The van der Waals surface area contributed by atoms with Gasteiger partial charge in [-0.1, -0.05) is 52.8 Å². The molecule has 3 heteroatoms. The van der Waals surface area contributed by atoms with Crippen LogP contribution in [-0.4, -0.2) is 11.5 Å². The molecule has 84 valence electrons. The maximum absolute atomic E-state index is 2.33. The van der Waals surface area contributed by atoms with Crippen molar-refractivity contribution in [2.24, 2.45) is 0 Å². The maximum atomic E-state index is 2.33. The summed E-state index contributed by atoms with van der Waals surface area (Å²) in [7, 11) is 3.78. The minimum atomic E-state index is 1.09. The molecule has 0 N–H and O–H groups in total. The van der Waals surface area contributed by atoms with Crippen LogP contribution in [0.3, 0.4) is 0 Å². The highest BCUT2D eigenvalue weighted by atomic mass is 33.1. The zero-order valence-corrected chi connectivity index (χ0v) is 11.6. The summed E-state index contributed by atoms with van der Waals surface area (Å²) in [4.78, 5) is 1.43. The van der Waals surface area contributed by atoms with Crippen molar-refractivity contribution >= 4 is 33.3 Å². The summed E-state index contributed by atoms with van der Waals surface area (Å²) in [5.41, 5.74) is 0. The standard InChI is InChI=1S/C12H18S3/c1-2-9-14-15-11-6-10-13-12-7-4-3-5-8-12/h4,6-8,11H,2-3,5,9-10H2,1H3/b11-6+. The summed E-state index contributed by atoms with van der Waals surface area (Å²) in [5, 5.41) is 2.21. The first kappa shape index (κ1) is 13.3. The van der Waals surface area contributed by atoms with E-state index < -0.39 is 0 Å². The van der Waals surface area contributed by atoms with Gasteiger partial charge in [0.05, 0.1) is 0 Å². The van der Waals surface area contributed by atoms with Gasteiger partial charge >= 0.3 is 0 Å². The van der Waals surface area contributed by atoms with Gasteiger partial charge in [-0.05, 0) is 24.7 Å². The SMILES string of the molecule is CCCSS/C=C/CSC1=CCCC=C1. The lowest BCUT2D eigenvalue weighted by atomic mass is 10.2. The zero-order valence-electron chi connectivity index (χ0n) is 9.15. The van der Waals surface area contributed by atoms with Gasteiger partial charge in [0, 0.05) is 16.4 Å². The van der Waals surface area contributed by atoms with Crippen LogP contribution in [0.4, 0.5) is 0 Å². The lowest BCUT2D eigenvalue weighted by Gasteiger charge is -2.03. The molecule has 0 aromatic heterocycles. The van der Waals surface area contributed by atoms with E-state index in [1.807, 2.05) is 33.3 Å². The number of thioether (sulfide) groups is 1. The van der Waals surface area contributed by atoms with Gasteiger partial charge in [0.25, 0.3) is 0 Å². The topological polar surface area (TPSA) is 0 Å². The van der Waals surface area contributed by atoms with Crippen molar-refractivity contribution in [1.29, 1.82) is 0 Å². The highest BCUT2D eigenvalue weighted by molar-refractivity contribution is 8.77. The van der Waals surface area contributed by atoms with Gasteiger partial charge < -0.3 is 0 Å². The van der Waals surface area contributed by atoms with Crippen LogP contribution in [0, 0.1) is 0 Å². The molecular formula is C12H18S3. The molecule has 0 atom stereocenters. The normalized spacial score (nSPS) is 15.9. The molecule has 1 aliphatic carbocycles. The Bertz CT molecular complexity index is 241. The van der Waals surface area contributed by atoms with E-state index in [-0.39, 0.29) is 0 Å². The number of hydrogen-bond donors (Lipinski definition) is 0. The van der Waals surface area contributed by atoms with Crippen LogP contribution in [0.2, 0.25) is 0 Å². The quantitative estimate of drug-likeness (QED) is 0.451. The average molecular weight is 258 g/mol. The van der Waals surface area contributed by atoms with Gasteiger partial charge in [0.2, 0.25) is 0 Å². The third-order valence-electron chi connectivity index (χ3n) is 1.81. The Morgan fingerprint density at radius 1 is 1.40 bits per heavy atom. The molecule has 0 fully saturated rings. The van der Waals surface area contributed by atoms with Crippen LogP contribution in [0.25, 0.3) is 0 Å². The summed E-state index contributed by atoms with van der Waals surface area (Å²) in [6.07, 6.45) is 12.8. The molecule has 0 aromatic rings. The lowest BCUT2D eigenvalue weighted by molar-refractivity contribution is 1.03. The molecule has 15 heavy (non-hydrogen) atoms. The fraction of sp³-hybridized carbons (Fsp3) is 0.500. The van der Waals surface area contributed by atoms with E-state index in [9.17, 15) is 0 Å². The third kappa shape index (κ3) is 7.20. The zero-order chi connectivity index (χ0) is 10.8. The number of hydrogen-bond acceptors (Lipinski definition) is 3. The van der Waals surface area contributed by atoms with Gasteiger partial charge in [-0.2, -0.15) is 0 Å². The van der Waals surface area contributed by atoms with Crippen molar-refractivity contribution < 1.29 is 0 Å². The summed E-state index contributed by atoms with van der Waals surface area (Å²) in [5.74, 6) is 2.34. The smallest absolute Gasteiger partial charge is 0.0169 e. The number of rotatable bonds is 7. The first-order chi connectivity index (χ1) is 7.43. The largest absolute Gasteiger partial charge is 0.122 e. The fourth-order valence-electron chi connectivity index (χ4n) is 1.09. The van der Waals surface area contributed by atoms with E-state index in [2.05, 4.69) is 36.6 Å². The van der Waals surface area contributed by atoms with Crippen molar-refractivity contribution in [2.75, 3.05) is 11.5 Å². The van der Waals surface area contributed by atoms with Gasteiger partial charge in [-0.15, -0.1) is 11.8 Å². The second-order valence-electron chi connectivity index (χ2n) is 3.19. The Balaban J connectivity index is 2.00. The first-order valence-electron chi connectivity index (χ1n) is 5.36. The molecule has 0 heterocycles. The Labute approximate surface area is 105 Å². The van der Waals surface area contributed by atoms with E-state index in [0.717, 1.165) is 5.75 Å². The Kier molecular flexibility index (Phi) is 8.44. The molecule has 0 aromatic carbocycles. The lowest BCUT2D eigenvalue weighted by Crippen LogP contribution is -1.80. The van der Waals surface area contributed by atoms with Crippen LogP contribution in [-0.2, 0) is 0 Å². The molecular weight excluding hydrogens is 240 g/mol. The van der Waals surface area contributed by atoms with E-state index >= 15 is 0 Å². The van der Waals surface area contributed by atoms with Crippen molar-refractivity contribution in [2.45, 2.75) is 26.2 Å². The molecule has 0 aliphatic heterocycles. The fourth-order valence-corrected chi connectivity index (χ4v) is 3.80. The van der Waals surface area contributed by atoms with Crippen molar-refractivity contribution in [3.63, 3.8) is 0 Å². The molecule has 1 rings (SSSR count). The summed E-state index contributed by atoms with van der Waals surface area (Å²) < 4.78 is 0. The molecule has 0 amide bonds. The molecule has 0 saturated carbocycles. The molecule has 0 spiro atoms. The van der Waals surface area contributed by atoms with Crippen LogP contribution >= 0.6 is 33.3 Å². The second kappa shape index (κ2) is 9.49. The molecule has 0 radical (unpaired) electrons. The van der Waals surface area contributed by atoms with Crippen molar-refractivity contribution in [1.82, 2.24) is 0 Å². The molecule has 0 nitrogen and oxygen atoms in total. The van der Waals surface area contributed by atoms with Crippen LogP contribution in [0.5, 0.6) is 0 Å². The number of allylic oxidation sites excluding steroid dienone is 3. The van der Waals surface area contributed by atoms with Crippen molar-refractivity contribution in [3.8, 4) is 0 Å². The predicted octanol–water partition coefficient (Wildman–Crippen LogP) is 5.26. The highest BCUT2D eigenvalue weighted by Crippen LogP contribution is 2.25. The van der Waals surface area contributed by atoms with Gasteiger partial charge in [0.15, 0.2) is 0 Å². The predicted molar refractivity (Wildman–Crippen MR) is 78.4 cm³/mol. The first-order valence-corrected chi connectivity index (χ1v) is 8.73. The Hall–Kier alpha value is 0.270. The highest BCUT2D eigenvalue weighted by Gasteiger charge is 1.95. The molecule has 1 aliphatic rings. The maximum Gasteiger partial charge on any atom is 0.0169 e. The second-order valence-corrected chi connectivity index (χ2v) is 6.67. The third-order valence-corrected chi connectivity index (χ3v) is 5.07. The van der Waals surface area contributed by atoms with E-state index in [4.69, 9.17) is 0 Å². The summed E-state index contributed by atoms with van der Waals surface area (Å²) >= 11 is 1.93. The van der Waals surface area contributed by atoms with Crippen molar-refractivity contribution in [3.05, 3.63) is 34.6 Å². The van der Waals surface area contributed by atoms with Gasteiger partial charge in [-0.3, -0.25) is 0 Å². The Morgan fingerprint density at radius 2 is 2.33 bits per heavy atom. The molecule has 0 saturated heterocycles. The van der Waals surface area contributed by atoms with Crippen LogP contribution in [0.1, 0.15) is 26.2 Å². The summed E-state index contributed by atoms with van der Waals surface area (Å²) in [6, 6.07) is 0. The van der Waals surface area contributed by atoms with Crippen LogP contribution in [0.15, 0.2) is 34.6 Å². The minimum Gasteiger partial charge on any atom is -0.122 e. The van der Waals surface area contributed by atoms with E-state index in [1.165, 1.54) is 29.9 Å². The van der Waals surface area contributed by atoms with E-state index in [1.54, 1.807) is 0 Å². The van der Waals surface area contributed by atoms with E-state index in [0.29, 0.717) is 0 Å². The monoisotopic (exact) mass is 258 g/mol. The Morgan fingerprint density at radius 3 is 3.07 bits per heavy atom. The molecule has 0 bridgehead atoms. The van der Waals surface area contributed by atoms with Gasteiger partial charge in [-0.25, -0.2) is 0 Å². The van der Waals surface area contributed by atoms with Crippen LogP contribution < -0.4 is 0 Å². The summed E-state index contributed by atoms with van der Waals surface area (Å²) in [6.45, 7) is 2.22. The molecule has 0 unspecified atom stereocenters. The van der Waals surface area contributed by atoms with Gasteiger partial charge in [0.1, 0.15) is 0 Å². The minimum absolute atomic E-state index is 1.09. The average Bonchev–Trinajstić information content (AvgIpc) is 2.29.